The van der Waals surface area contributed by atoms with E-state index in [4.69, 9.17) is 9.90 Å². The summed E-state index contributed by atoms with van der Waals surface area (Å²) in [4.78, 5) is 8.36. The third-order valence-corrected chi connectivity index (χ3v) is 4.62. The zero-order chi connectivity index (χ0) is 13.0. The molecule has 0 aliphatic heterocycles. The topological polar surface area (TPSA) is 37.3 Å². The molecular weight excluding hydrogens is 224 g/mol. The number of carbonyl (C=O) groups is 1. The van der Waals surface area contributed by atoms with Gasteiger partial charge in [0, 0.05) is 0 Å². The highest BCUT2D eigenvalue weighted by atomic mass is 16.3. The molecule has 0 amide bonds. The van der Waals surface area contributed by atoms with Crippen molar-refractivity contribution in [2.45, 2.75) is 44.9 Å². The Morgan fingerprint density at radius 3 is 2.72 bits per heavy atom. The van der Waals surface area contributed by atoms with Crippen LogP contribution in [0.1, 0.15) is 49.7 Å². The van der Waals surface area contributed by atoms with Gasteiger partial charge in [0.2, 0.25) is 0 Å². The number of carboxylic acid groups (broad SMARTS) is 1. The van der Waals surface area contributed by atoms with Crippen molar-refractivity contribution in [2.24, 2.45) is 11.8 Å². The van der Waals surface area contributed by atoms with E-state index in [0.717, 1.165) is 17.8 Å². The molecule has 0 spiro atoms. The van der Waals surface area contributed by atoms with Gasteiger partial charge in [0.25, 0.3) is 6.47 Å². The quantitative estimate of drug-likeness (QED) is 0.706. The fraction of sp³-hybridized carbons (Fsp3) is 0.562. The monoisotopic (exact) mass is 246 g/mol. The first kappa shape index (κ1) is 13.1. The van der Waals surface area contributed by atoms with Crippen LogP contribution in [0.2, 0.25) is 0 Å². The smallest absolute Gasteiger partial charge is 0.290 e. The fourth-order valence-electron chi connectivity index (χ4n) is 3.80. The van der Waals surface area contributed by atoms with Crippen LogP contribution in [-0.2, 0) is 11.2 Å². The minimum Gasteiger partial charge on any atom is -0.483 e. The van der Waals surface area contributed by atoms with E-state index < -0.39 is 0 Å². The third-order valence-electron chi connectivity index (χ3n) is 4.62. The van der Waals surface area contributed by atoms with Crippen LogP contribution in [0.25, 0.3) is 0 Å². The number of fused-ring (bicyclic) bond motifs is 3. The SMILES string of the molecule is CC1CCCC2c3ccccc3CCC12.O=CO. The minimum absolute atomic E-state index is 0.250. The molecule has 0 aromatic heterocycles. The van der Waals surface area contributed by atoms with Crippen molar-refractivity contribution in [3.8, 4) is 0 Å². The van der Waals surface area contributed by atoms with Gasteiger partial charge in [-0.2, -0.15) is 0 Å². The second kappa shape index (κ2) is 6.03. The van der Waals surface area contributed by atoms with Crippen LogP contribution in [0.5, 0.6) is 0 Å². The molecule has 1 N–H and O–H groups in total. The molecule has 1 saturated carbocycles. The predicted molar refractivity (Wildman–Crippen MR) is 72.7 cm³/mol. The summed E-state index contributed by atoms with van der Waals surface area (Å²) in [5.41, 5.74) is 3.31. The highest BCUT2D eigenvalue weighted by Crippen LogP contribution is 2.47. The standard InChI is InChI=1S/C15H20.CH2O2/c1-11-5-4-8-15-13(11)10-9-12-6-2-3-7-14(12)15;2-1-3/h2-3,6-7,11,13,15H,4-5,8-10H2,1H3;1H,(H,2,3). The van der Waals surface area contributed by atoms with Gasteiger partial charge in [-0.25, -0.2) is 0 Å². The van der Waals surface area contributed by atoms with Gasteiger partial charge in [-0.15, -0.1) is 0 Å². The summed E-state index contributed by atoms with van der Waals surface area (Å²) in [6, 6.07) is 9.14. The van der Waals surface area contributed by atoms with E-state index in [1.54, 1.807) is 11.1 Å². The summed E-state index contributed by atoms with van der Waals surface area (Å²) in [5.74, 6) is 2.82. The van der Waals surface area contributed by atoms with Crippen LogP contribution in [0, 0.1) is 11.8 Å². The molecule has 2 heteroatoms. The van der Waals surface area contributed by atoms with Gasteiger partial charge in [0.15, 0.2) is 0 Å². The van der Waals surface area contributed by atoms with Crippen LogP contribution in [-0.4, -0.2) is 11.6 Å². The molecular formula is C16H22O2. The molecule has 0 saturated heterocycles. The van der Waals surface area contributed by atoms with Crippen molar-refractivity contribution in [2.75, 3.05) is 0 Å². The van der Waals surface area contributed by atoms with Crippen molar-refractivity contribution in [1.29, 1.82) is 0 Å². The van der Waals surface area contributed by atoms with Crippen molar-refractivity contribution >= 4 is 6.47 Å². The largest absolute Gasteiger partial charge is 0.483 e. The average Bonchev–Trinajstić information content (AvgIpc) is 2.40. The van der Waals surface area contributed by atoms with Crippen LogP contribution >= 0.6 is 0 Å². The number of hydrogen-bond acceptors (Lipinski definition) is 1. The van der Waals surface area contributed by atoms with Gasteiger partial charge in [-0.3, -0.25) is 4.79 Å². The predicted octanol–water partition coefficient (Wildman–Crippen LogP) is 3.85. The lowest BCUT2D eigenvalue weighted by molar-refractivity contribution is -0.122. The zero-order valence-corrected chi connectivity index (χ0v) is 11.0. The van der Waals surface area contributed by atoms with E-state index in [0.29, 0.717) is 0 Å². The highest BCUT2D eigenvalue weighted by molar-refractivity contribution is 5.34. The Morgan fingerprint density at radius 2 is 1.94 bits per heavy atom. The molecule has 0 bridgehead atoms. The average molecular weight is 246 g/mol. The molecule has 1 fully saturated rings. The van der Waals surface area contributed by atoms with Gasteiger partial charge in [0.1, 0.15) is 0 Å². The first-order chi connectivity index (χ1) is 8.77. The van der Waals surface area contributed by atoms with E-state index in [9.17, 15) is 0 Å². The molecule has 0 heterocycles. The van der Waals surface area contributed by atoms with Crippen molar-refractivity contribution in [3.63, 3.8) is 0 Å². The highest BCUT2D eigenvalue weighted by Gasteiger charge is 2.35. The van der Waals surface area contributed by atoms with Crippen molar-refractivity contribution in [1.82, 2.24) is 0 Å². The minimum atomic E-state index is -0.250. The summed E-state index contributed by atoms with van der Waals surface area (Å²) >= 11 is 0. The summed E-state index contributed by atoms with van der Waals surface area (Å²) in [7, 11) is 0. The van der Waals surface area contributed by atoms with Crippen LogP contribution in [0.4, 0.5) is 0 Å². The first-order valence-electron chi connectivity index (χ1n) is 6.93. The Kier molecular flexibility index (Phi) is 4.40. The lowest BCUT2D eigenvalue weighted by Crippen LogP contribution is -2.29. The fourth-order valence-corrected chi connectivity index (χ4v) is 3.80. The normalized spacial score (nSPS) is 29.3. The second-order valence-corrected chi connectivity index (χ2v) is 5.52. The Hall–Kier alpha value is -1.31. The number of rotatable bonds is 0. The van der Waals surface area contributed by atoms with Gasteiger partial charge in [-0.05, 0) is 48.1 Å². The molecule has 2 aliphatic carbocycles. The number of benzene rings is 1. The molecule has 0 radical (unpaired) electrons. The molecule has 2 nitrogen and oxygen atoms in total. The Labute approximate surface area is 109 Å². The third kappa shape index (κ3) is 2.58. The molecule has 3 rings (SSSR count). The van der Waals surface area contributed by atoms with E-state index in [2.05, 4.69) is 31.2 Å². The van der Waals surface area contributed by atoms with Gasteiger partial charge >= 0.3 is 0 Å². The molecule has 1 aromatic rings. The maximum Gasteiger partial charge on any atom is 0.290 e. The second-order valence-electron chi connectivity index (χ2n) is 5.52. The van der Waals surface area contributed by atoms with Crippen LogP contribution in [0.15, 0.2) is 24.3 Å². The number of aryl methyl sites for hydroxylation is 1. The summed E-state index contributed by atoms with van der Waals surface area (Å²) in [6.07, 6.45) is 7.09. The Bertz CT molecular complexity index is 400. The number of hydrogen-bond donors (Lipinski definition) is 1. The lowest BCUT2D eigenvalue weighted by Gasteiger charge is -2.41. The van der Waals surface area contributed by atoms with Gasteiger partial charge in [-0.1, -0.05) is 44.0 Å². The van der Waals surface area contributed by atoms with Gasteiger partial charge in [0.05, 0.1) is 0 Å². The van der Waals surface area contributed by atoms with E-state index in [1.165, 1.54) is 32.1 Å². The summed E-state index contributed by atoms with van der Waals surface area (Å²) in [5, 5.41) is 6.89. The van der Waals surface area contributed by atoms with E-state index >= 15 is 0 Å². The molecule has 2 aliphatic rings. The van der Waals surface area contributed by atoms with Crippen molar-refractivity contribution < 1.29 is 9.90 Å². The maximum absolute atomic E-state index is 8.36. The molecule has 1 aromatic carbocycles. The Balaban J connectivity index is 0.000000367. The molecule has 3 atom stereocenters. The van der Waals surface area contributed by atoms with E-state index in [1.807, 2.05) is 0 Å². The van der Waals surface area contributed by atoms with Crippen LogP contribution in [0.3, 0.4) is 0 Å². The molecule has 3 unspecified atom stereocenters. The zero-order valence-electron chi connectivity index (χ0n) is 11.0. The summed E-state index contributed by atoms with van der Waals surface area (Å²) < 4.78 is 0. The van der Waals surface area contributed by atoms with E-state index in [-0.39, 0.29) is 6.47 Å². The molecule has 18 heavy (non-hydrogen) atoms. The van der Waals surface area contributed by atoms with Gasteiger partial charge < -0.3 is 5.11 Å². The maximum atomic E-state index is 8.36. The first-order valence-corrected chi connectivity index (χ1v) is 6.93. The lowest BCUT2D eigenvalue weighted by atomic mass is 9.64. The van der Waals surface area contributed by atoms with Crippen LogP contribution < -0.4 is 0 Å². The summed E-state index contributed by atoms with van der Waals surface area (Å²) in [6.45, 7) is 2.21. The van der Waals surface area contributed by atoms with Crippen molar-refractivity contribution in [3.05, 3.63) is 35.4 Å². The Morgan fingerprint density at radius 1 is 1.22 bits per heavy atom. The molecule has 98 valence electrons.